The summed E-state index contributed by atoms with van der Waals surface area (Å²) in [6.07, 6.45) is 1.61. The summed E-state index contributed by atoms with van der Waals surface area (Å²) < 4.78 is 6.73. The van der Waals surface area contributed by atoms with Crippen molar-refractivity contribution in [3.63, 3.8) is 0 Å². The Balaban J connectivity index is 1.86. The number of piperazine rings is 1. The Labute approximate surface area is 134 Å². The predicted octanol–water partition coefficient (Wildman–Crippen LogP) is 3.18. The number of carbonyl (C=O) groups excluding carboxylic acids is 1. The van der Waals surface area contributed by atoms with Gasteiger partial charge in [0.15, 0.2) is 0 Å². The number of hydrogen-bond donors (Lipinski definition) is 1. The number of fused-ring (bicyclic) bond motifs is 1. The van der Waals surface area contributed by atoms with Gasteiger partial charge in [-0.3, -0.25) is 9.88 Å². The van der Waals surface area contributed by atoms with Crippen molar-refractivity contribution in [2.24, 2.45) is 0 Å². The van der Waals surface area contributed by atoms with Crippen molar-refractivity contribution in [1.82, 2.24) is 15.2 Å². The van der Waals surface area contributed by atoms with Crippen LogP contribution in [0.15, 0.2) is 23.7 Å². The number of pyridine rings is 1. The Hall–Kier alpha value is -1.66. The Morgan fingerprint density at radius 1 is 1.50 bits per heavy atom. The summed E-state index contributed by atoms with van der Waals surface area (Å²) in [6.45, 7) is 7.76. The molecule has 1 N–H and O–H groups in total. The fraction of sp³-hybridized carbons (Fsp3) is 0.500. The van der Waals surface area contributed by atoms with Crippen LogP contribution >= 0.6 is 11.3 Å². The number of hydrogen-bond acceptors (Lipinski definition) is 5. The molecule has 1 amide bonds. The lowest BCUT2D eigenvalue weighted by molar-refractivity contribution is 0.0113. The number of rotatable bonds is 1. The minimum Gasteiger partial charge on any atom is -0.444 e. The zero-order valence-corrected chi connectivity index (χ0v) is 13.9. The first-order valence-electron chi connectivity index (χ1n) is 7.47. The van der Waals surface area contributed by atoms with Crippen molar-refractivity contribution in [2.75, 3.05) is 19.6 Å². The first-order valence-corrected chi connectivity index (χ1v) is 8.35. The van der Waals surface area contributed by atoms with Gasteiger partial charge in [0.1, 0.15) is 5.60 Å². The van der Waals surface area contributed by atoms with E-state index < -0.39 is 5.60 Å². The number of amides is 1. The third-order valence-corrected chi connectivity index (χ3v) is 4.45. The Bertz CT molecular complexity index is 677. The van der Waals surface area contributed by atoms with Crippen LogP contribution < -0.4 is 5.32 Å². The lowest BCUT2D eigenvalue weighted by atomic mass is 10.1. The minimum atomic E-state index is -0.488. The Morgan fingerprint density at radius 2 is 2.32 bits per heavy atom. The van der Waals surface area contributed by atoms with Crippen LogP contribution in [0, 0.1) is 0 Å². The highest BCUT2D eigenvalue weighted by Crippen LogP contribution is 2.27. The molecule has 22 heavy (non-hydrogen) atoms. The fourth-order valence-corrected chi connectivity index (χ4v) is 3.37. The zero-order valence-electron chi connectivity index (χ0n) is 13.1. The van der Waals surface area contributed by atoms with Gasteiger partial charge in [-0.2, -0.15) is 0 Å². The maximum Gasteiger partial charge on any atom is 0.410 e. The van der Waals surface area contributed by atoms with Crippen LogP contribution in [0.4, 0.5) is 4.79 Å². The molecule has 1 aliphatic heterocycles. The first kappa shape index (κ1) is 15.2. The van der Waals surface area contributed by atoms with E-state index in [0.717, 1.165) is 17.6 Å². The van der Waals surface area contributed by atoms with Crippen LogP contribution in [0.3, 0.4) is 0 Å². The van der Waals surface area contributed by atoms with Gasteiger partial charge in [0, 0.05) is 35.9 Å². The molecule has 2 aromatic heterocycles. The van der Waals surface area contributed by atoms with E-state index in [-0.39, 0.29) is 12.1 Å². The van der Waals surface area contributed by atoms with E-state index in [1.807, 2.05) is 27.0 Å². The van der Waals surface area contributed by atoms with Crippen LogP contribution in [0.5, 0.6) is 0 Å². The molecule has 3 heterocycles. The van der Waals surface area contributed by atoms with Gasteiger partial charge in [0.2, 0.25) is 0 Å². The molecule has 0 spiro atoms. The van der Waals surface area contributed by atoms with E-state index in [2.05, 4.69) is 27.8 Å². The quantitative estimate of drug-likeness (QED) is 0.877. The van der Waals surface area contributed by atoms with Crippen LogP contribution in [-0.2, 0) is 4.74 Å². The highest BCUT2D eigenvalue weighted by Gasteiger charge is 2.32. The topological polar surface area (TPSA) is 54.5 Å². The Kier molecular flexibility index (Phi) is 4.06. The maximum absolute atomic E-state index is 12.5. The van der Waals surface area contributed by atoms with Crippen molar-refractivity contribution in [3.05, 3.63) is 29.4 Å². The van der Waals surface area contributed by atoms with Gasteiger partial charge < -0.3 is 10.1 Å². The molecule has 1 atom stereocenters. The van der Waals surface area contributed by atoms with Crippen molar-refractivity contribution < 1.29 is 9.53 Å². The second-order valence-electron chi connectivity index (χ2n) is 6.46. The average molecular weight is 319 g/mol. The van der Waals surface area contributed by atoms with E-state index >= 15 is 0 Å². The third-order valence-electron chi connectivity index (χ3n) is 3.57. The molecule has 0 saturated carbocycles. The lowest BCUT2D eigenvalue weighted by Gasteiger charge is -2.36. The van der Waals surface area contributed by atoms with Gasteiger partial charge in [0.25, 0.3) is 0 Å². The molecule has 5 nitrogen and oxygen atoms in total. The third kappa shape index (κ3) is 3.23. The largest absolute Gasteiger partial charge is 0.444 e. The SMILES string of the molecule is CC(C)(C)OC(=O)N1CCNCC1c1cc2sccc2cn1. The van der Waals surface area contributed by atoms with Gasteiger partial charge in [-0.1, -0.05) is 0 Å². The molecule has 118 valence electrons. The second kappa shape index (κ2) is 5.85. The van der Waals surface area contributed by atoms with E-state index in [1.54, 1.807) is 16.2 Å². The fourth-order valence-electron chi connectivity index (χ4n) is 2.56. The molecular weight excluding hydrogens is 298 g/mol. The number of aromatic nitrogens is 1. The highest BCUT2D eigenvalue weighted by atomic mass is 32.1. The summed E-state index contributed by atoms with van der Waals surface area (Å²) >= 11 is 1.69. The number of carbonyl (C=O) groups is 1. The van der Waals surface area contributed by atoms with Gasteiger partial charge >= 0.3 is 6.09 Å². The maximum atomic E-state index is 12.5. The molecule has 0 bridgehead atoms. The van der Waals surface area contributed by atoms with Crippen LogP contribution in [0.25, 0.3) is 10.1 Å². The summed E-state index contributed by atoms with van der Waals surface area (Å²) in [6, 6.07) is 4.05. The van der Waals surface area contributed by atoms with Crippen molar-refractivity contribution in [1.29, 1.82) is 0 Å². The molecular formula is C16H21N3O2S. The number of nitrogens with zero attached hydrogens (tertiary/aromatic N) is 2. The van der Waals surface area contributed by atoms with E-state index in [9.17, 15) is 4.79 Å². The molecule has 0 aromatic carbocycles. The average Bonchev–Trinajstić information content (AvgIpc) is 2.92. The number of ether oxygens (including phenoxy) is 1. The molecule has 1 unspecified atom stereocenters. The van der Waals surface area contributed by atoms with E-state index in [0.29, 0.717) is 13.1 Å². The zero-order chi connectivity index (χ0) is 15.7. The highest BCUT2D eigenvalue weighted by molar-refractivity contribution is 7.17. The normalized spacial score (nSPS) is 19.4. The minimum absolute atomic E-state index is 0.0879. The van der Waals surface area contributed by atoms with Crippen LogP contribution in [-0.4, -0.2) is 41.2 Å². The van der Waals surface area contributed by atoms with Crippen molar-refractivity contribution in [3.8, 4) is 0 Å². The number of nitrogens with one attached hydrogen (secondary N) is 1. The molecule has 1 fully saturated rings. The summed E-state index contributed by atoms with van der Waals surface area (Å²) in [5.41, 5.74) is 0.422. The first-order chi connectivity index (χ1) is 10.4. The second-order valence-corrected chi connectivity index (χ2v) is 7.41. The number of thiophene rings is 1. The molecule has 1 saturated heterocycles. The summed E-state index contributed by atoms with van der Waals surface area (Å²) in [4.78, 5) is 18.8. The van der Waals surface area contributed by atoms with Gasteiger partial charge in [-0.05, 0) is 38.3 Å². The monoisotopic (exact) mass is 319 g/mol. The molecule has 2 aromatic rings. The smallest absolute Gasteiger partial charge is 0.410 e. The predicted molar refractivity (Wildman–Crippen MR) is 88.2 cm³/mol. The molecule has 0 radical (unpaired) electrons. The molecule has 6 heteroatoms. The van der Waals surface area contributed by atoms with Crippen molar-refractivity contribution in [2.45, 2.75) is 32.4 Å². The van der Waals surface area contributed by atoms with Crippen LogP contribution in [0.2, 0.25) is 0 Å². The van der Waals surface area contributed by atoms with E-state index in [1.165, 1.54) is 4.70 Å². The molecule has 0 aliphatic carbocycles. The molecule has 1 aliphatic rings. The van der Waals surface area contributed by atoms with Gasteiger partial charge in [0.05, 0.1) is 11.7 Å². The summed E-state index contributed by atoms with van der Waals surface area (Å²) in [5, 5.41) is 6.53. The Morgan fingerprint density at radius 3 is 3.09 bits per heavy atom. The standard InChI is InChI=1S/C16H21N3O2S/c1-16(2,3)21-15(20)19-6-5-17-10-13(19)12-8-14-11(9-18-12)4-7-22-14/h4,7-9,13,17H,5-6,10H2,1-3H3. The lowest BCUT2D eigenvalue weighted by Crippen LogP contribution is -2.50. The van der Waals surface area contributed by atoms with Crippen molar-refractivity contribution >= 4 is 27.5 Å². The van der Waals surface area contributed by atoms with E-state index in [4.69, 9.17) is 4.74 Å². The molecule has 3 rings (SSSR count). The summed E-state index contributed by atoms with van der Waals surface area (Å²) in [7, 11) is 0. The van der Waals surface area contributed by atoms with Crippen LogP contribution in [0.1, 0.15) is 32.5 Å². The van der Waals surface area contributed by atoms with Gasteiger partial charge in [-0.15, -0.1) is 11.3 Å². The summed E-state index contributed by atoms with van der Waals surface area (Å²) in [5.74, 6) is 0. The van der Waals surface area contributed by atoms with Gasteiger partial charge in [-0.25, -0.2) is 4.79 Å².